The van der Waals surface area contributed by atoms with E-state index in [-0.39, 0.29) is 0 Å². The highest BCUT2D eigenvalue weighted by Crippen LogP contribution is 2.56. The van der Waals surface area contributed by atoms with Gasteiger partial charge in [0.1, 0.15) is 0 Å². The van der Waals surface area contributed by atoms with E-state index in [1.807, 2.05) is 7.05 Å². The van der Waals surface area contributed by atoms with Crippen molar-refractivity contribution in [3.8, 4) is 0 Å². The van der Waals surface area contributed by atoms with Crippen LogP contribution in [0.5, 0.6) is 0 Å². The second-order valence-corrected chi connectivity index (χ2v) is 5.66. The molecule has 0 radical (unpaired) electrons. The van der Waals surface area contributed by atoms with Gasteiger partial charge in [0, 0.05) is 13.1 Å². The quantitative estimate of drug-likeness (QED) is 0.383. The van der Waals surface area contributed by atoms with Gasteiger partial charge in [0.2, 0.25) is 0 Å². The van der Waals surface area contributed by atoms with Crippen LogP contribution in [0.25, 0.3) is 0 Å². The van der Waals surface area contributed by atoms with Crippen LogP contribution in [0.1, 0.15) is 19.3 Å². The van der Waals surface area contributed by atoms with Crippen LogP contribution < -0.4 is 16.2 Å². The number of nitrogens with one attached hydrogen (secondary N) is 3. The number of fused-ring (bicyclic) bond motifs is 5. The largest absolute Gasteiger partial charge is 0.359 e. The van der Waals surface area contributed by atoms with Crippen LogP contribution in [0, 0.1) is 23.7 Å². The van der Waals surface area contributed by atoms with Gasteiger partial charge in [-0.25, -0.2) is 5.43 Å². The maximum atomic E-state index is 5.22. The fourth-order valence-corrected chi connectivity index (χ4v) is 4.28. The van der Waals surface area contributed by atoms with Crippen LogP contribution in [0.2, 0.25) is 0 Å². The van der Waals surface area contributed by atoms with Crippen molar-refractivity contribution in [2.24, 2.45) is 23.7 Å². The van der Waals surface area contributed by atoms with E-state index >= 15 is 0 Å². The Balaban J connectivity index is 1.63. The molecule has 3 aliphatic rings. The first kappa shape index (κ1) is 10.5. The molecule has 0 aromatic rings. The standard InChI is InChI=1S/C12H19N3S/c1-13-15-12(16)14-11-6-7-5-10(11)9-4-2-3-8(7)9/h2,4,7-11,13H,3,5-6H2,1H3,(H2,14,15,16)/t7-,8+,9-,10+,11-/m0/s1. The van der Waals surface area contributed by atoms with Crippen LogP contribution in [0.4, 0.5) is 0 Å². The van der Waals surface area contributed by atoms with E-state index in [4.69, 9.17) is 12.2 Å². The Labute approximate surface area is 102 Å². The van der Waals surface area contributed by atoms with E-state index in [9.17, 15) is 0 Å². The predicted octanol–water partition coefficient (Wildman–Crippen LogP) is 1.19. The van der Waals surface area contributed by atoms with Crippen molar-refractivity contribution < 1.29 is 0 Å². The molecule has 3 aliphatic carbocycles. The van der Waals surface area contributed by atoms with Gasteiger partial charge in [0.05, 0.1) is 0 Å². The van der Waals surface area contributed by atoms with Gasteiger partial charge >= 0.3 is 0 Å². The van der Waals surface area contributed by atoms with Crippen LogP contribution in [-0.4, -0.2) is 18.2 Å². The molecule has 0 aromatic heterocycles. The maximum Gasteiger partial charge on any atom is 0.181 e. The molecular formula is C12H19N3S. The summed E-state index contributed by atoms with van der Waals surface area (Å²) in [5.74, 6) is 3.52. The Morgan fingerprint density at radius 3 is 3.00 bits per heavy atom. The zero-order valence-electron chi connectivity index (χ0n) is 9.57. The highest BCUT2D eigenvalue weighted by atomic mass is 32.1. The minimum absolute atomic E-state index is 0.586. The molecule has 5 atom stereocenters. The summed E-state index contributed by atoms with van der Waals surface area (Å²) in [6.07, 6.45) is 8.84. The van der Waals surface area contributed by atoms with Crippen molar-refractivity contribution >= 4 is 17.3 Å². The first-order chi connectivity index (χ1) is 7.79. The van der Waals surface area contributed by atoms with Crippen LogP contribution >= 0.6 is 12.2 Å². The molecule has 0 saturated heterocycles. The minimum Gasteiger partial charge on any atom is -0.359 e. The van der Waals surface area contributed by atoms with E-state index in [1.54, 1.807) is 0 Å². The van der Waals surface area contributed by atoms with Crippen LogP contribution in [0.15, 0.2) is 12.2 Å². The molecule has 4 heteroatoms. The minimum atomic E-state index is 0.586. The SMILES string of the molecule is CNNC(=S)N[C@H]1C[C@@H]2C[C@@H]1[C@H]1C=CC[C@H]21. The Morgan fingerprint density at radius 2 is 2.19 bits per heavy atom. The molecule has 2 bridgehead atoms. The molecule has 0 unspecified atom stereocenters. The van der Waals surface area contributed by atoms with Gasteiger partial charge < -0.3 is 5.32 Å². The van der Waals surface area contributed by atoms with E-state index in [0.717, 1.165) is 28.8 Å². The number of thiocarbonyl (C=S) groups is 1. The van der Waals surface area contributed by atoms with Crippen LogP contribution in [-0.2, 0) is 0 Å². The molecule has 0 aromatic carbocycles. The fraction of sp³-hybridized carbons (Fsp3) is 0.750. The molecule has 2 fully saturated rings. The molecule has 3 rings (SSSR count). The zero-order valence-corrected chi connectivity index (χ0v) is 10.4. The second kappa shape index (κ2) is 4.00. The number of allylic oxidation sites excluding steroid dienone is 2. The number of hydrogen-bond acceptors (Lipinski definition) is 2. The van der Waals surface area contributed by atoms with Gasteiger partial charge in [-0.1, -0.05) is 12.2 Å². The molecule has 0 amide bonds. The van der Waals surface area contributed by atoms with Crippen molar-refractivity contribution in [1.29, 1.82) is 0 Å². The third-order valence-corrected chi connectivity index (χ3v) is 4.78. The summed E-state index contributed by atoms with van der Waals surface area (Å²) in [5.41, 5.74) is 5.81. The summed E-state index contributed by atoms with van der Waals surface area (Å²) in [5, 5.41) is 4.18. The van der Waals surface area contributed by atoms with Gasteiger partial charge in [-0.05, 0) is 55.2 Å². The van der Waals surface area contributed by atoms with Gasteiger partial charge in [0.15, 0.2) is 5.11 Å². The lowest BCUT2D eigenvalue weighted by molar-refractivity contribution is 0.245. The number of hydrazine groups is 1. The van der Waals surface area contributed by atoms with Crippen LogP contribution in [0.3, 0.4) is 0 Å². The highest BCUT2D eigenvalue weighted by molar-refractivity contribution is 7.80. The summed E-state index contributed by atoms with van der Waals surface area (Å²) in [7, 11) is 1.84. The zero-order chi connectivity index (χ0) is 11.1. The number of rotatable bonds is 2. The van der Waals surface area contributed by atoms with Crippen molar-refractivity contribution in [2.45, 2.75) is 25.3 Å². The first-order valence-corrected chi connectivity index (χ1v) is 6.60. The lowest BCUT2D eigenvalue weighted by Crippen LogP contribution is -2.49. The monoisotopic (exact) mass is 237 g/mol. The Morgan fingerprint density at radius 1 is 1.31 bits per heavy atom. The third-order valence-electron chi connectivity index (χ3n) is 4.56. The summed E-state index contributed by atoms with van der Waals surface area (Å²) >= 11 is 5.22. The van der Waals surface area contributed by atoms with E-state index in [1.165, 1.54) is 19.3 Å². The predicted molar refractivity (Wildman–Crippen MR) is 68.7 cm³/mol. The molecule has 0 heterocycles. The normalized spacial score (nSPS) is 43.4. The van der Waals surface area contributed by atoms with Gasteiger partial charge in [-0.2, -0.15) is 0 Å². The Hall–Kier alpha value is -0.610. The summed E-state index contributed by atoms with van der Waals surface area (Å²) in [6, 6.07) is 0.586. The molecule has 3 nitrogen and oxygen atoms in total. The molecule has 2 saturated carbocycles. The fourth-order valence-electron chi connectivity index (χ4n) is 4.03. The lowest BCUT2D eigenvalue weighted by atomic mass is 9.79. The van der Waals surface area contributed by atoms with E-state index in [0.29, 0.717) is 6.04 Å². The first-order valence-electron chi connectivity index (χ1n) is 6.19. The van der Waals surface area contributed by atoms with E-state index < -0.39 is 0 Å². The number of hydrogen-bond donors (Lipinski definition) is 3. The second-order valence-electron chi connectivity index (χ2n) is 5.26. The average Bonchev–Trinajstić information content (AvgIpc) is 2.86. The molecule has 3 N–H and O–H groups in total. The molecule has 88 valence electrons. The Bertz CT molecular complexity index is 328. The third kappa shape index (κ3) is 1.55. The van der Waals surface area contributed by atoms with Gasteiger partial charge in [-0.15, -0.1) is 0 Å². The smallest absolute Gasteiger partial charge is 0.181 e. The highest BCUT2D eigenvalue weighted by Gasteiger charge is 2.52. The molecule has 16 heavy (non-hydrogen) atoms. The van der Waals surface area contributed by atoms with E-state index in [2.05, 4.69) is 28.3 Å². The van der Waals surface area contributed by atoms with Gasteiger partial charge in [-0.3, -0.25) is 5.43 Å². The van der Waals surface area contributed by atoms with Crippen molar-refractivity contribution in [3.63, 3.8) is 0 Å². The summed E-state index contributed by atoms with van der Waals surface area (Å²) < 4.78 is 0. The lowest BCUT2D eigenvalue weighted by Gasteiger charge is -2.32. The topological polar surface area (TPSA) is 36.1 Å². The van der Waals surface area contributed by atoms with Crippen molar-refractivity contribution in [3.05, 3.63) is 12.2 Å². The summed E-state index contributed by atoms with van der Waals surface area (Å²) in [4.78, 5) is 0. The Kier molecular flexibility index (Phi) is 2.64. The van der Waals surface area contributed by atoms with Crippen molar-refractivity contribution in [2.75, 3.05) is 7.05 Å². The van der Waals surface area contributed by atoms with Gasteiger partial charge in [0.25, 0.3) is 0 Å². The molecular weight excluding hydrogens is 218 g/mol. The average molecular weight is 237 g/mol. The van der Waals surface area contributed by atoms with Crippen molar-refractivity contribution in [1.82, 2.24) is 16.2 Å². The molecule has 0 aliphatic heterocycles. The maximum absolute atomic E-state index is 5.22. The molecule has 0 spiro atoms. The summed E-state index contributed by atoms with van der Waals surface area (Å²) in [6.45, 7) is 0.